The second-order valence-corrected chi connectivity index (χ2v) is 8.53. The molecule has 0 radical (unpaired) electrons. The van der Waals surface area contributed by atoms with Gasteiger partial charge >= 0.3 is 0 Å². The Bertz CT molecular complexity index is 989. The second-order valence-electron chi connectivity index (χ2n) is 7.90. The van der Waals surface area contributed by atoms with Crippen LogP contribution >= 0.6 is 9.24 Å². The highest BCUT2D eigenvalue weighted by Crippen LogP contribution is 2.18. The predicted octanol–water partition coefficient (Wildman–Crippen LogP) is 1.84. The zero-order chi connectivity index (χ0) is 22.5. The number of nitrogen functional groups attached to an aromatic ring is 1. The summed E-state index contributed by atoms with van der Waals surface area (Å²) in [6, 6.07) is 6.58. The summed E-state index contributed by atoms with van der Waals surface area (Å²) in [5.74, 6) is -1.89. The van der Waals surface area contributed by atoms with E-state index in [2.05, 4.69) is 45.4 Å². The largest absolute Gasteiger partial charge is 0.504 e. The summed E-state index contributed by atoms with van der Waals surface area (Å²) < 4.78 is 1.12. The Hall–Kier alpha value is -3.19. The average molecular weight is 429 g/mol. The van der Waals surface area contributed by atoms with E-state index in [1.165, 1.54) is 12.4 Å². The molecule has 7 N–H and O–H groups in total. The number of nitrogens with two attached hydrogens (primary N) is 2. The summed E-state index contributed by atoms with van der Waals surface area (Å²) in [6.07, 6.45) is 3.65. The number of nitrogens with one attached hydrogen (secondary N) is 2. The maximum absolute atomic E-state index is 12.9. The van der Waals surface area contributed by atoms with Crippen molar-refractivity contribution in [2.45, 2.75) is 27.2 Å². The number of rotatable bonds is 6. The third-order valence-corrected chi connectivity index (χ3v) is 4.59. The average Bonchev–Trinajstić information content (AvgIpc) is 3.17. The highest BCUT2D eigenvalue weighted by molar-refractivity contribution is 7.28. The normalized spacial score (nSPS) is 13.0. The summed E-state index contributed by atoms with van der Waals surface area (Å²) in [5.41, 5.74) is 12.6. The van der Waals surface area contributed by atoms with Crippen LogP contribution in [0.5, 0.6) is 0 Å². The maximum Gasteiger partial charge on any atom is 0.258 e. The maximum atomic E-state index is 12.9. The summed E-state index contributed by atoms with van der Waals surface area (Å²) in [5, 5.41) is 26.2. The summed E-state index contributed by atoms with van der Waals surface area (Å²) in [7, 11) is 2.49. The number of carbonyl (C=O) groups excluding carboxylic acids is 1. The highest BCUT2D eigenvalue weighted by atomic mass is 31.0. The van der Waals surface area contributed by atoms with Gasteiger partial charge in [0.1, 0.15) is 11.4 Å². The Morgan fingerprint density at radius 3 is 2.67 bits per heavy atom. The molecule has 0 bridgehead atoms. The molecule has 30 heavy (non-hydrogen) atoms. The fourth-order valence-electron chi connectivity index (χ4n) is 2.47. The van der Waals surface area contributed by atoms with Crippen molar-refractivity contribution in [3.63, 3.8) is 0 Å². The van der Waals surface area contributed by atoms with Gasteiger partial charge in [-0.3, -0.25) is 10.2 Å². The van der Waals surface area contributed by atoms with E-state index >= 15 is 0 Å². The number of allylic oxidation sites excluding steroid dienone is 1. The first-order valence-electron chi connectivity index (χ1n) is 9.29. The van der Waals surface area contributed by atoms with Crippen molar-refractivity contribution in [3.05, 3.63) is 48.0 Å². The lowest BCUT2D eigenvalue weighted by atomic mass is 9.92. The first-order valence-corrected chi connectivity index (χ1v) is 9.87. The van der Waals surface area contributed by atoms with Crippen LogP contribution in [0.25, 0.3) is 0 Å². The van der Waals surface area contributed by atoms with E-state index in [1.807, 2.05) is 0 Å². The lowest BCUT2D eigenvalue weighted by Crippen LogP contribution is -2.36. The molecule has 1 heterocycles. The van der Waals surface area contributed by atoms with E-state index in [1.54, 1.807) is 24.3 Å². The molecule has 0 fully saturated rings. The van der Waals surface area contributed by atoms with E-state index in [9.17, 15) is 9.90 Å². The topological polar surface area (TPSA) is 155 Å². The van der Waals surface area contributed by atoms with Gasteiger partial charge < -0.3 is 21.9 Å². The van der Waals surface area contributed by atoms with E-state index in [0.717, 1.165) is 4.68 Å². The molecule has 0 aliphatic rings. The third kappa shape index (κ3) is 6.15. The van der Waals surface area contributed by atoms with Gasteiger partial charge in [-0.2, -0.15) is 5.10 Å². The Morgan fingerprint density at radius 2 is 2.10 bits per heavy atom. The van der Waals surface area contributed by atoms with Crippen molar-refractivity contribution in [1.82, 2.24) is 15.1 Å². The number of carbonyl (C=O) groups is 1. The molecular weight excluding hydrogens is 401 g/mol. The van der Waals surface area contributed by atoms with Gasteiger partial charge in [-0.25, -0.2) is 9.67 Å². The van der Waals surface area contributed by atoms with E-state index < -0.39 is 17.5 Å². The van der Waals surface area contributed by atoms with Crippen LogP contribution in [0.2, 0.25) is 0 Å². The highest BCUT2D eigenvalue weighted by Gasteiger charge is 2.24. The SMILES string of the molecule is CC(C)(C)CCNC(=O)/C(C(N)=Nc1ccc(N)cc1P)=C(/O)C(=N)n1cccn1. The van der Waals surface area contributed by atoms with Crippen LogP contribution < -0.4 is 22.1 Å². The summed E-state index contributed by atoms with van der Waals surface area (Å²) in [6.45, 7) is 6.53. The van der Waals surface area contributed by atoms with Crippen LogP contribution in [0.1, 0.15) is 27.2 Å². The first-order chi connectivity index (χ1) is 14.0. The number of aromatic nitrogens is 2. The molecule has 0 saturated heterocycles. The van der Waals surface area contributed by atoms with Crippen LogP contribution in [-0.2, 0) is 4.79 Å². The van der Waals surface area contributed by atoms with Gasteiger partial charge in [-0.05, 0) is 41.4 Å². The number of nitrogens with zero attached hydrogens (tertiary/aromatic N) is 3. The van der Waals surface area contributed by atoms with Crippen molar-refractivity contribution < 1.29 is 9.90 Å². The molecule has 160 valence electrons. The molecule has 0 saturated carbocycles. The van der Waals surface area contributed by atoms with Crippen molar-refractivity contribution in [3.8, 4) is 0 Å². The summed E-state index contributed by atoms with van der Waals surface area (Å²) >= 11 is 0. The first kappa shape index (κ1) is 23.1. The number of aliphatic hydroxyl groups excluding tert-OH is 1. The van der Waals surface area contributed by atoms with Gasteiger partial charge in [0.25, 0.3) is 5.91 Å². The molecule has 1 aromatic heterocycles. The molecule has 1 amide bonds. The van der Waals surface area contributed by atoms with Gasteiger partial charge in [0.15, 0.2) is 11.6 Å². The molecule has 2 aromatic rings. The van der Waals surface area contributed by atoms with Gasteiger partial charge in [-0.1, -0.05) is 20.8 Å². The molecule has 1 unspecified atom stereocenters. The molecule has 2 rings (SSSR count). The van der Waals surface area contributed by atoms with Crippen LogP contribution in [0.3, 0.4) is 0 Å². The minimum Gasteiger partial charge on any atom is -0.504 e. The van der Waals surface area contributed by atoms with Crippen LogP contribution in [0, 0.1) is 10.8 Å². The van der Waals surface area contributed by atoms with Crippen molar-refractivity contribution >= 4 is 43.5 Å². The molecule has 9 nitrogen and oxygen atoms in total. The van der Waals surface area contributed by atoms with Crippen molar-refractivity contribution in [2.75, 3.05) is 12.3 Å². The number of amidine groups is 1. The number of benzene rings is 1. The minimum atomic E-state index is -0.631. The zero-order valence-electron chi connectivity index (χ0n) is 17.3. The molecular formula is C20H28N7O2P. The second kappa shape index (κ2) is 9.54. The molecule has 0 spiro atoms. The monoisotopic (exact) mass is 429 g/mol. The minimum absolute atomic E-state index is 0.0128. The summed E-state index contributed by atoms with van der Waals surface area (Å²) in [4.78, 5) is 17.1. The quantitative estimate of drug-likeness (QED) is 0.118. The van der Waals surface area contributed by atoms with E-state index in [4.69, 9.17) is 16.9 Å². The van der Waals surface area contributed by atoms with Crippen LogP contribution in [0.4, 0.5) is 11.4 Å². The molecule has 10 heteroatoms. The molecule has 1 aromatic carbocycles. The van der Waals surface area contributed by atoms with E-state index in [0.29, 0.717) is 29.6 Å². The van der Waals surface area contributed by atoms with Gasteiger partial charge in [0, 0.05) is 24.6 Å². The van der Waals surface area contributed by atoms with Gasteiger partial charge in [-0.15, -0.1) is 9.24 Å². The van der Waals surface area contributed by atoms with Crippen molar-refractivity contribution in [1.29, 1.82) is 5.41 Å². The smallest absolute Gasteiger partial charge is 0.258 e. The zero-order valence-corrected chi connectivity index (χ0v) is 18.5. The Kier molecular flexibility index (Phi) is 7.34. The number of hydrogen-bond acceptors (Lipinski definition) is 6. The number of anilines is 1. The fourth-order valence-corrected chi connectivity index (χ4v) is 2.83. The third-order valence-electron chi connectivity index (χ3n) is 4.13. The number of aliphatic hydroxyl groups is 1. The Labute approximate surface area is 178 Å². The molecule has 1 atom stereocenters. The number of hydrogen-bond donors (Lipinski definition) is 5. The van der Waals surface area contributed by atoms with Crippen molar-refractivity contribution in [2.24, 2.45) is 16.1 Å². The van der Waals surface area contributed by atoms with Gasteiger partial charge in [0.2, 0.25) is 0 Å². The number of amides is 1. The Morgan fingerprint density at radius 1 is 1.40 bits per heavy atom. The van der Waals surface area contributed by atoms with Gasteiger partial charge in [0.05, 0.1) is 5.69 Å². The number of aliphatic imine (C=N–C) groups is 1. The van der Waals surface area contributed by atoms with Crippen LogP contribution in [0.15, 0.2) is 53.0 Å². The lowest BCUT2D eigenvalue weighted by Gasteiger charge is -2.19. The standard InChI is InChI=1S/C20H28N7O2P/c1-20(2,3)7-9-24-19(29)15(16(28)18(23)27-10-4-8-25-27)17(22)26-13-6-5-12(21)11-14(13)30/h4-6,8,10-11,23,28H,7,9,21,30H2,1-3H3,(H2,22,26)(H,24,29)/b16-15+,23-18?. The molecule has 0 aliphatic heterocycles. The van der Waals surface area contributed by atoms with E-state index in [-0.39, 0.29) is 16.8 Å². The Balaban J connectivity index is 2.44. The molecule has 0 aliphatic carbocycles. The lowest BCUT2D eigenvalue weighted by molar-refractivity contribution is -0.117. The van der Waals surface area contributed by atoms with Crippen LogP contribution in [-0.4, -0.2) is 39.0 Å². The fraction of sp³-hybridized carbons (Fsp3) is 0.300. The predicted molar refractivity (Wildman–Crippen MR) is 124 cm³/mol.